The summed E-state index contributed by atoms with van der Waals surface area (Å²) in [6, 6.07) is 15.6. The number of anilines is 1. The van der Waals surface area contributed by atoms with E-state index < -0.39 is 0 Å². The van der Waals surface area contributed by atoms with Crippen LogP contribution in [0.2, 0.25) is 0 Å². The number of fused-ring (bicyclic) bond motifs is 1. The summed E-state index contributed by atoms with van der Waals surface area (Å²) >= 11 is 0. The van der Waals surface area contributed by atoms with Crippen molar-refractivity contribution < 1.29 is 9.59 Å². The van der Waals surface area contributed by atoms with Gasteiger partial charge in [-0.25, -0.2) is 4.98 Å². The van der Waals surface area contributed by atoms with Crippen molar-refractivity contribution in [3.8, 4) is 0 Å². The first-order chi connectivity index (χ1) is 14.2. The van der Waals surface area contributed by atoms with Gasteiger partial charge in [0.1, 0.15) is 0 Å². The van der Waals surface area contributed by atoms with E-state index in [1.54, 1.807) is 27.6 Å². The van der Waals surface area contributed by atoms with Crippen LogP contribution >= 0.6 is 0 Å². The van der Waals surface area contributed by atoms with Crippen molar-refractivity contribution in [1.29, 1.82) is 0 Å². The van der Waals surface area contributed by atoms with Gasteiger partial charge < -0.3 is 15.1 Å². The second kappa shape index (κ2) is 8.18. The van der Waals surface area contributed by atoms with Crippen molar-refractivity contribution >= 4 is 23.0 Å². The lowest BCUT2D eigenvalue weighted by Gasteiger charge is -2.35. The Bertz CT molecular complexity index is 1040. The summed E-state index contributed by atoms with van der Waals surface area (Å²) < 4.78 is 1.69. The van der Waals surface area contributed by atoms with Crippen LogP contribution < -0.4 is 10.2 Å². The topological polar surface area (TPSA) is 70.0 Å². The minimum Gasteiger partial charge on any atom is -0.368 e. The molecule has 0 spiro atoms. The first-order valence-electron chi connectivity index (χ1n) is 9.64. The van der Waals surface area contributed by atoms with Crippen LogP contribution in [-0.2, 0) is 0 Å². The molecule has 0 unspecified atom stereocenters. The van der Waals surface area contributed by atoms with E-state index in [1.807, 2.05) is 30.3 Å². The van der Waals surface area contributed by atoms with Crippen LogP contribution in [0, 0.1) is 0 Å². The lowest BCUT2D eigenvalue weighted by molar-refractivity contribution is 0.0733. The van der Waals surface area contributed by atoms with Crippen molar-refractivity contribution in [2.24, 2.45) is 0 Å². The first kappa shape index (κ1) is 18.7. The van der Waals surface area contributed by atoms with Crippen molar-refractivity contribution in [2.45, 2.75) is 0 Å². The summed E-state index contributed by atoms with van der Waals surface area (Å²) in [7, 11) is 0. The SMILES string of the molecule is C=CCNC(=O)c1nc(C(=O)N2CCN(c3ccccc3)CC2)n2ccccc12. The molecular formula is C22H23N5O2. The zero-order valence-electron chi connectivity index (χ0n) is 16.1. The van der Waals surface area contributed by atoms with E-state index in [-0.39, 0.29) is 23.3 Å². The normalized spacial score (nSPS) is 14.1. The van der Waals surface area contributed by atoms with E-state index in [4.69, 9.17) is 0 Å². The second-order valence-corrected chi connectivity index (χ2v) is 6.85. The highest BCUT2D eigenvalue weighted by molar-refractivity contribution is 6.02. The molecule has 7 heteroatoms. The zero-order chi connectivity index (χ0) is 20.2. The van der Waals surface area contributed by atoms with Gasteiger partial charge in [0, 0.05) is 44.6 Å². The van der Waals surface area contributed by atoms with Crippen LogP contribution in [0.1, 0.15) is 21.1 Å². The molecule has 3 heterocycles. The summed E-state index contributed by atoms with van der Waals surface area (Å²) in [5.74, 6) is -0.222. The third kappa shape index (κ3) is 3.71. The number of benzene rings is 1. The number of rotatable bonds is 5. The molecular weight excluding hydrogens is 366 g/mol. The maximum atomic E-state index is 13.2. The molecule has 2 amide bonds. The fourth-order valence-electron chi connectivity index (χ4n) is 3.55. The van der Waals surface area contributed by atoms with Gasteiger partial charge >= 0.3 is 0 Å². The molecule has 7 nitrogen and oxygen atoms in total. The standard InChI is InChI=1S/C22H23N5O2/c1-2-11-23-21(28)19-18-10-6-7-12-27(18)20(24-19)22(29)26-15-13-25(14-16-26)17-8-4-3-5-9-17/h2-10,12H,1,11,13-16H2,(H,23,28). The Balaban J connectivity index is 1.55. The number of pyridine rings is 1. The summed E-state index contributed by atoms with van der Waals surface area (Å²) in [5, 5.41) is 2.73. The van der Waals surface area contributed by atoms with E-state index >= 15 is 0 Å². The van der Waals surface area contributed by atoms with Crippen LogP contribution in [0.4, 0.5) is 5.69 Å². The van der Waals surface area contributed by atoms with Gasteiger partial charge in [0.05, 0.1) is 5.52 Å². The Morgan fingerprint density at radius 1 is 1.03 bits per heavy atom. The maximum Gasteiger partial charge on any atom is 0.290 e. The molecule has 1 aliphatic rings. The molecule has 0 atom stereocenters. The fourth-order valence-corrected chi connectivity index (χ4v) is 3.55. The lowest BCUT2D eigenvalue weighted by Crippen LogP contribution is -2.49. The highest BCUT2D eigenvalue weighted by Gasteiger charge is 2.27. The number of piperazine rings is 1. The molecule has 148 valence electrons. The first-order valence-corrected chi connectivity index (χ1v) is 9.64. The molecule has 0 saturated carbocycles. The number of hydrogen-bond donors (Lipinski definition) is 1. The van der Waals surface area contributed by atoms with Gasteiger partial charge in [-0.15, -0.1) is 6.58 Å². The number of nitrogens with one attached hydrogen (secondary N) is 1. The number of nitrogens with zero attached hydrogens (tertiary/aromatic N) is 4. The van der Waals surface area contributed by atoms with Gasteiger partial charge in [-0.3, -0.25) is 14.0 Å². The van der Waals surface area contributed by atoms with Gasteiger partial charge in [-0.2, -0.15) is 0 Å². The number of amides is 2. The molecule has 0 radical (unpaired) electrons. The van der Waals surface area contributed by atoms with E-state index in [0.29, 0.717) is 25.2 Å². The monoisotopic (exact) mass is 389 g/mol. The lowest BCUT2D eigenvalue weighted by atomic mass is 10.2. The average molecular weight is 389 g/mol. The summed E-state index contributed by atoms with van der Waals surface area (Å²) in [5.41, 5.74) is 2.02. The van der Waals surface area contributed by atoms with Crippen LogP contribution in [0.5, 0.6) is 0 Å². The number of para-hydroxylation sites is 1. The summed E-state index contributed by atoms with van der Waals surface area (Å²) in [4.78, 5) is 34.1. The van der Waals surface area contributed by atoms with Gasteiger partial charge in [0.2, 0.25) is 5.82 Å². The average Bonchev–Trinajstić information content (AvgIpc) is 3.17. The predicted molar refractivity (Wildman–Crippen MR) is 112 cm³/mol. The van der Waals surface area contributed by atoms with Gasteiger partial charge in [0.25, 0.3) is 11.8 Å². The molecule has 1 N–H and O–H groups in total. The van der Waals surface area contributed by atoms with Crippen molar-refractivity contribution in [3.05, 3.63) is 78.9 Å². The van der Waals surface area contributed by atoms with Gasteiger partial charge in [-0.05, 0) is 24.3 Å². The number of aromatic nitrogens is 2. The highest BCUT2D eigenvalue weighted by Crippen LogP contribution is 2.18. The Labute approximate surface area is 169 Å². The quantitative estimate of drug-likeness (QED) is 0.680. The van der Waals surface area contributed by atoms with E-state index in [0.717, 1.165) is 18.8 Å². The molecule has 29 heavy (non-hydrogen) atoms. The van der Waals surface area contributed by atoms with Crippen molar-refractivity contribution in [2.75, 3.05) is 37.6 Å². The molecule has 1 saturated heterocycles. The molecule has 0 aliphatic carbocycles. The molecule has 3 aromatic rings. The van der Waals surface area contributed by atoms with Crippen LogP contribution in [0.15, 0.2) is 67.4 Å². The Kier molecular flexibility index (Phi) is 5.29. The van der Waals surface area contributed by atoms with Crippen LogP contribution in [0.3, 0.4) is 0 Å². The summed E-state index contributed by atoms with van der Waals surface area (Å²) in [6.45, 7) is 6.67. The smallest absolute Gasteiger partial charge is 0.290 e. The largest absolute Gasteiger partial charge is 0.368 e. The number of carbonyl (C=O) groups excluding carboxylic acids is 2. The van der Waals surface area contributed by atoms with E-state index in [2.05, 4.69) is 33.9 Å². The second-order valence-electron chi connectivity index (χ2n) is 6.85. The Morgan fingerprint density at radius 3 is 2.48 bits per heavy atom. The van der Waals surface area contributed by atoms with Crippen molar-refractivity contribution in [1.82, 2.24) is 19.6 Å². The van der Waals surface area contributed by atoms with Crippen molar-refractivity contribution in [3.63, 3.8) is 0 Å². The molecule has 1 aliphatic heterocycles. The van der Waals surface area contributed by atoms with Gasteiger partial charge in [0.15, 0.2) is 5.69 Å². The number of imidazole rings is 1. The van der Waals surface area contributed by atoms with Crippen LogP contribution in [0.25, 0.3) is 5.52 Å². The predicted octanol–water partition coefficient (Wildman–Crippen LogP) is 2.21. The zero-order valence-corrected chi connectivity index (χ0v) is 16.1. The molecule has 1 fully saturated rings. The number of hydrogen-bond acceptors (Lipinski definition) is 4. The number of carbonyl (C=O) groups is 2. The molecule has 0 bridgehead atoms. The van der Waals surface area contributed by atoms with E-state index in [9.17, 15) is 9.59 Å². The Hall–Kier alpha value is -3.61. The minimum absolute atomic E-state index is 0.165. The molecule has 2 aromatic heterocycles. The third-order valence-electron chi connectivity index (χ3n) is 5.05. The van der Waals surface area contributed by atoms with E-state index in [1.165, 1.54) is 0 Å². The fraction of sp³-hybridized carbons (Fsp3) is 0.227. The minimum atomic E-state index is -0.318. The highest BCUT2D eigenvalue weighted by atomic mass is 16.2. The van der Waals surface area contributed by atoms with Gasteiger partial charge in [-0.1, -0.05) is 30.3 Å². The molecule has 1 aromatic carbocycles. The summed E-state index contributed by atoms with van der Waals surface area (Å²) in [6.07, 6.45) is 3.37. The third-order valence-corrected chi connectivity index (χ3v) is 5.05. The van der Waals surface area contributed by atoms with Crippen LogP contribution in [-0.4, -0.2) is 58.8 Å². The Morgan fingerprint density at radius 2 is 1.76 bits per heavy atom. The maximum absolute atomic E-state index is 13.2. The molecule has 4 rings (SSSR count).